The van der Waals surface area contributed by atoms with Gasteiger partial charge in [-0.05, 0) is 24.9 Å². The molecular weight excluding hydrogens is 340 g/mol. The Hall–Kier alpha value is -1.79. The van der Waals surface area contributed by atoms with E-state index in [2.05, 4.69) is 21.3 Å². The lowest BCUT2D eigenvalue weighted by molar-refractivity contribution is -0.127. The molecule has 0 heterocycles. The lowest BCUT2D eigenvalue weighted by atomic mass is 9.96. The van der Waals surface area contributed by atoms with E-state index in [0.717, 1.165) is 31.5 Å². The zero-order valence-electron chi connectivity index (χ0n) is 14.8. The van der Waals surface area contributed by atoms with Crippen LogP contribution in [0.4, 0.5) is 4.79 Å². The van der Waals surface area contributed by atoms with Gasteiger partial charge in [-0.2, -0.15) is 0 Å². The molecular formula is C18H29ClN4O2. The summed E-state index contributed by atoms with van der Waals surface area (Å²) in [4.78, 5) is 24.8. The van der Waals surface area contributed by atoms with Gasteiger partial charge in [-0.15, -0.1) is 12.4 Å². The number of benzene rings is 1. The molecule has 25 heavy (non-hydrogen) atoms. The summed E-state index contributed by atoms with van der Waals surface area (Å²) in [6.07, 6.45) is 3.30. The summed E-state index contributed by atoms with van der Waals surface area (Å²) >= 11 is 0. The number of amides is 3. The second kappa shape index (κ2) is 10.9. The molecule has 0 radical (unpaired) electrons. The predicted octanol–water partition coefficient (Wildman–Crippen LogP) is 1.95. The van der Waals surface area contributed by atoms with E-state index >= 15 is 0 Å². The van der Waals surface area contributed by atoms with Crippen LogP contribution in [0.5, 0.6) is 0 Å². The van der Waals surface area contributed by atoms with E-state index in [9.17, 15) is 9.59 Å². The minimum absolute atomic E-state index is 0. The van der Waals surface area contributed by atoms with Crippen molar-refractivity contribution in [1.29, 1.82) is 0 Å². The molecule has 6 nitrogen and oxygen atoms in total. The summed E-state index contributed by atoms with van der Waals surface area (Å²) in [5.41, 5.74) is 0.260. The average Bonchev–Trinajstić information content (AvgIpc) is 3.07. The van der Waals surface area contributed by atoms with Crippen LogP contribution in [0.1, 0.15) is 38.2 Å². The topological polar surface area (TPSA) is 82.3 Å². The molecule has 0 aliphatic heterocycles. The number of carbonyl (C=O) groups excluding carboxylic acids is 2. The first-order valence-electron chi connectivity index (χ1n) is 8.75. The summed E-state index contributed by atoms with van der Waals surface area (Å²) in [6.45, 7) is 4.66. The summed E-state index contributed by atoms with van der Waals surface area (Å²) in [6, 6.07) is 9.44. The fraction of sp³-hybridized carbons (Fsp3) is 0.556. The predicted molar refractivity (Wildman–Crippen MR) is 102 cm³/mol. The molecule has 1 aliphatic carbocycles. The standard InChI is InChI=1S/C18H28N4O2.ClH/c1-2-19-12-13-20-16(23)18(10-6-7-11-18)22-17(24)21-14-15-8-4-3-5-9-15;/h3-5,8-9,19H,2,6-7,10-14H2,1H3,(H,20,23)(H2,21,22,24);1H. The SMILES string of the molecule is CCNCCNC(=O)C1(NC(=O)NCc2ccccc2)CCCC1.Cl. The molecule has 4 N–H and O–H groups in total. The molecule has 1 fully saturated rings. The maximum absolute atomic E-state index is 12.6. The van der Waals surface area contributed by atoms with Crippen molar-refractivity contribution in [2.75, 3.05) is 19.6 Å². The minimum atomic E-state index is -0.771. The Morgan fingerprint density at radius 1 is 1.04 bits per heavy atom. The van der Waals surface area contributed by atoms with E-state index in [1.54, 1.807) is 0 Å². The number of carbonyl (C=O) groups is 2. The van der Waals surface area contributed by atoms with Crippen molar-refractivity contribution >= 4 is 24.3 Å². The van der Waals surface area contributed by atoms with Crippen LogP contribution >= 0.6 is 12.4 Å². The Bertz CT molecular complexity index is 533. The zero-order valence-corrected chi connectivity index (χ0v) is 15.6. The number of urea groups is 1. The number of hydrogen-bond acceptors (Lipinski definition) is 3. The first-order valence-corrected chi connectivity index (χ1v) is 8.75. The highest BCUT2D eigenvalue weighted by Crippen LogP contribution is 2.29. The smallest absolute Gasteiger partial charge is 0.315 e. The van der Waals surface area contributed by atoms with E-state index < -0.39 is 5.54 Å². The number of rotatable bonds is 8. The third kappa shape index (κ3) is 6.55. The maximum atomic E-state index is 12.6. The Morgan fingerprint density at radius 2 is 1.72 bits per heavy atom. The van der Waals surface area contributed by atoms with Crippen molar-refractivity contribution in [3.63, 3.8) is 0 Å². The number of hydrogen-bond donors (Lipinski definition) is 4. The quantitative estimate of drug-likeness (QED) is 0.529. The molecule has 1 aliphatic rings. The average molecular weight is 369 g/mol. The van der Waals surface area contributed by atoms with Crippen LogP contribution in [-0.2, 0) is 11.3 Å². The first kappa shape index (κ1) is 21.3. The van der Waals surface area contributed by atoms with E-state index in [1.807, 2.05) is 37.3 Å². The van der Waals surface area contributed by atoms with Gasteiger partial charge in [0.15, 0.2) is 0 Å². The molecule has 0 unspecified atom stereocenters. The summed E-state index contributed by atoms with van der Waals surface area (Å²) < 4.78 is 0. The third-order valence-electron chi connectivity index (χ3n) is 4.38. The first-order chi connectivity index (χ1) is 11.7. The Morgan fingerprint density at radius 3 is 2.36 bits per heavy atom. The van der Waals surface area contributed by atoms with E-state index in [-0.39, 0.29) is 24.3 Å². The Balaban J connectivity index is 0.00000312. The van der Waals surface area contributed by atoms with Crippen molar-refractivity contribution in [3.05, 3.63) is 35.9 Å². The zero-order chi connectivity index (χ0) is 17.3. The fourth-order valence-corrected chi connectivity index (χ4v) is 3.04. The van der Waals surface area contributed by atoms with Gasteiger partial charge in [0.1, 0.15) is 5.54 Å². The fourth-order valence-electron chi connectivity index (χ4n) is 3.04. The Labute approximate surface area is 155 Å². The normalized spacial score (nSPS) is 15.1. The van der Waals surface area contributed by atoms with Crippen LogP contribution in [0.15, 0.2) is 30.3 Å². The van der Waals surface area contributed by atoms with E-state index in [0.29, 0.717) is 25.9 Å². The highest BCUT2D eigenvalue weighted by molar-refractivity contribution is 5.91. The van der Waals surface area contributed by atoms with Crippen LogP contribution in [-0.4, -0.2) is 37.1 Å². The van der Waals surface area contributed by atoms with Crippen LogP contribution in [0.25, 0.3) is 0 Å². The number of likely N-dealkylation sites (N-methyl/N-ethyl adjacent to an activating group) is 1. The summed E-state index contributed by atoms with van der Waals surface area (Å²) in [7, 11) is 0. The molecule has 140 valence electrons. The van der Waals surface area contributed by atoms with Gasteiger partial charge in [0, 0.05) is 19.6 Å². The highest BCUT2D eigenvalue weighted by Gasteiger charge is 2.42. The highest BCUT2D eigenvalue weighted by atomic mass is 35.5. The molecule has 3 amide bonds. The van der Waals surface area contributed by atoms with Gasteiger partial charge in [-0.3, -0.25) is 4.79 Å². The van der Waals surface area contributed by atoms with Crippen molar-refractivity contribution < 1.29 is 9.59 Å². The number of nitrogens with one attached hydrogen (secondary N) is 4. The van der Waals surface area contributed by atoms with Crippen LogP contribution < -0.4 is 21.3 Å². The molecule has 0 saturated heterocycles. The molecule has 0 aromatic heterocycles. The third-order valence-corrected chi connectivity index (χ3v) is 4.38. The van der Waals surface area contributed by atoms with Crippen molar-refractivity contribution in [1.82, 2.24) is 21.3 Å². The van der Waals surface area contributed by atoms with Gasteiger partial charge in [0.05, 0.1) is 0 Å². The molecule has 0 bridgehead atoms. The number of halogens is 1. The Kier molecular flexibility index (Phi) is 9.31. The monoisotopic (exact) mass is 368 g/mol. The second-order valence-corrected chi connectivity index (χ2v) is 6.19. The molecule has 0 atom stereocenters. The summed E-state index contributed by atoms with van der Waals surface area (Å²) in [5.74, 6) is -0.0761. The lowest BCUT2D eigenvalue weighted by Crippen LogP contribution is -2.59. The maximum Gasteiger partial charge on any atom is 0.315 e. The molecule has 1 aromatic rings. The van der Waals surface area contributed by atoms with Gasteiger partial charge in [-0.1, -0.05) is 50.1 Å². The van der Waals surface area contributed by atoms with Gasteiger partial charge < -0.3 is 21.3 Å². The molecule has 0 spiro atoms. The van der Waals surface area contributed by atoms with Crippen LogP contribution in [0.3, 0.4) is 0 Å². The van der Waals surface area contributed by atoms with Crippen molar-refractivity contribution in [2.24, 2.45) is 0 Å². The minimum Gasteiger partial charge on any atom is -0.353 e. The van der Waals surface area contributed by atoms with Crippen molar-refractivity contribution in [2.45, 2.75) is 44.7 Å². The van der Waals surface area contributed by atoms with Gasteiger partial charge in [0.25, 0.3) is 0 Å². The summed E-state index contributed by atoms with van der Waals surface area (Å²) in [5, 5.41) is 11.9. The molecule has 1 saturated carbocycles. The van der Waals surface area contributed by atoms with Crippen LogP contribution in [0.2, 0.25) is 0 Å². The second-order valence-electron chi connectivity index (χ2n) is 6.19. The molecule has 1 aromatic carbocycles. The van der Waals surface area contributed by atoms with E-state index in [4.69, 9.17) is 0 Å². The lowest BCUT2D eigenvalue weighted by Gasteiger charge is -2.29. The molecule has 2 rings (SSSR count). The van der Waals surface area contributed by atoms with Gasteiger partial charge >= 0.3 is 6.03 Å². The van der Waals surface area contributed by atoms with Crippen LogP contribution in [0, 0.1) is 0 Å². The molecule has 7 heteroatoms. The van der Waals surface area contributed by atoms with E-state index in [1.165, 1.54) is 0 Å². The largest absolute Gasteiger partial charge is 0.353 e. The van der Waals surface area contributed by atoms with Crippen molar-refractivity contribution in [3.8, 4) is 0 Å². The van der Waals surface area contributed by atoms with Gasteiger partial charge in [0.2, 0.25) is 5.91 Å². The van der Waals surface area contributed by atoms with Gasteiger partial charge in [-0.25, -0.2) is 4.79 Å².